The summed E-state index contributed by atoms with van der Waals surface area (Å²) in [5.41, 5.74) is 0. The Morgan fingerprint density at radius 3 is 2.33 bits per heavy atom. The average Bonchev–Trinajstić information content (AvgIpc) is 2.14. The largest absolute Gasteiger partial charge is 0.613 e. The predicted octanol–water partition coefficient (Wildman–Crippen LogP) is 0.148. The number of hydrogen-bond donors (Lipinski definition) is 2. The first-order valence-electron chi connectivity index (χ1n) is 5.29. The Labute approximate surface area is 97.6 Å². The Morgan fingerprint density at radius 1 is 1.47 bits per heavy atom. The number of thiol groups is 1. The number of rotatable bonds is 7. The highest BCUT2D eigenvalue weighted by molar-refractivity contribution is 7.80. The molecule has 0 aliphatic carbocycles. The van der Waals surface area contributed by atoms with E-state index in [-0.39, 0.29) is 22.4 Å². The molecule has 0 amide bonds. The van der Waals surface area contributed by atoms with Crippen molar-refractivity contribution in [2.45, 2.75) is 38.5 Å². The van der Waals surface area contributed by atoms with Gasteiger partial charge in [0.25, 0.3) is 0 Å². The van der Waals surface area contributed by atoms with Crippen LogP contribution in [0.3, 0.4) is 0 Å². The van der Waals surface area contributed by atoms with E-state index in [1.54, 1.807) is 7.05 Å². The van der Waals surface area contributed by atoms with Crippen molar-refractivity contribution < 1.29 is 9.97 Å². The molecular weight excluding hydrogens is 212 g/mol. The lowest BCUT2D eigenvalue weighted by atomic mass is 10.1. The van der Waals surface area contributed by atoms with Gasteiger partial charge in [0, 0.05) is 18.7 Å². The van der Waals surface area contributed by atoms with Crippen LogP contribution in [0.2, 0.25) is 0 Å². The van der Waals surface area contributed by atoms with Gasteiger partial charge < -0.3 is 10.0 Å². The summed E-state index contributed by atoms with van der Waals surface area (Å²) in [4.78, 5) is 10.8. The van der Waals surface area contributed by atoms with Gasteiger partial charge in [0.2, 0.25) is 0 Å². The minimum atomic E-state index is -0.312. The second-order valence-corrected chi connectivity index (χ2v) is 5.14. The Hall–Kier alpha value is -0.100. The minimum Gasteiger partial charge on any atom is -0.613 e. The summed E-state index contributed by atoms with van der Waals surface area (Å²) in [5, 5.41) is 13.5. The molecule has 0 heterocycles. The van der Waals surface area contributed by atoms with Crippen LogP contribution in [-0.4, -0.2) is 36.2 Å². The lowest BCUT2D eigenvalue weighted by Gasteiger charge is -2.36. The van der Waals surface area contributed by atoms with Crippen LogP contribution in [0.5, 0.6) is 0 Å². The second kappa shape index (κ2) is 7.22. The fourth-order valence-electron chi connectivity index (χ4n) is 1.37. The summed E-state index contributed by atoms with van der Waals surface area (Å²) in [5.74, 6) is 0.157. The highest BCUT2D eigenvalue weighted by Gasteiger charge is 2.22. The van der Waals surface area contributed by atoms with Crippen molar-refractivity contribution in [1.29, 1.82) is 0 Å². The molecule has 0 aromatic carbocycles. The van der Waals surface area contributed by atoms with Crippen LogP contribution >= 0.6 is 12.6 Å². The molecule has 0 saturated heterocycles. The molecule has 0 aliphatic heterocycles. The summed E-state index contributed by atoms with van der Waals surface area (Å²) in [6.45, 7) is 6.28. The maximum absolute atomic E-state index is 11.7. The highest BCUT2D eigenvalue weighted by atomic mass is 32.1. The Kier molecular flexibility index (Phi) is 7.17. The number of nitrogens with zero attached hydrogens (tertiary/aromatic N) is 1. The molecule has 0 aromatic heterocycles. The number of carbonyl (C=O) groups is 1. The molecule has 0 bridgehead atoms. The minimum absolute atomic E-state index is 0.0155. The van der Waals surface area contributed by atoms with E-state index in [1.165, 1.54) is 5.01 Å². The predicted molar refractivity (Wildman–Crippen MR) is 64.7 cm³/mol. The number of likely N-dealkylation sites (N-methyl/N-ethyl adjacent to an activating group) is 1. The van der Waals surface area contributed by atoms with E-state index in [4.69, 9.17) is 0 Å². The van der Waals surface area contributed by atoms with Gasteiger partial charge in [-0.25, -0.2) is 0 Å². The normalized spacial score (nSPS) is 17.9. The maximum atomic E-state index is 11.7. The first-order valence-corrected chi connectivity index (χ1v) is 5.80. The summed E-state index contributed by atoms with van der Waals surface area (Å²) in [6.07, 6.45) is 1.59. The highest BCUT2D eigenvalue weighted by Crippen LogP contribution is 2.02. The van der Waals surface area contributed by atoms with Crippen LogP contribution in [0.4, 0.5) is 0 Å². The van der Waals surface area contributed by atoms with Gasteiger partial charge in [-0.3, -0.25) is 5.17 Å². The van der Waals surface area contributed by atoms with Crippen molar-refractivity contribution in [2.75, 3.05) is 13.6 Å². The van der Waals surface area contributed by atoms with Gasteiger partial charge in [0.05, 0.1) is 6.54 Å². The first-order chi connectivity index (χ1) is 6.90. The van der Waals surface area contributed by atoms with Crippen LogP contribution in [0.15, 0.2) is 0 Å². The zero-order chi connectivity index (χ0) is 12.0. The zero-order valence-corrected chi connectivity index (χ0v) is 10.8. The van der Waals surface area contributed by atoms with Crippen molar-refractivity contribution in [3.05, 3.63) is 5.21 Å². The molecule has 0 aliphatic rings. The molecule has 0 saturated carbocycles. The molecule has 1 N–H and O–H groups in total. The SMILES string of the molecule is CC(S)CC[NH+]([O-])N(C)[C@H](C=O)C(C)C. The van der Waals surface area contributed by atoms with E-state index < -0.39 is 0 Å². The van der Waals surface area contributed by atoms with Gasteiger partial charge >= 0.3 is 0 Å². The summed E-state index contributed by atoms with van der Waals surface area (Å²) < 4.78 is 0. The van der Waals surface area contributed by atoms with Gasteiger partial charge in [-0.2, -0.15) is 12.6 Å². The third-order valence-corrected chi connectivity index (χ3v) is 2.70. The van der Waals surface area contributed by atoms with Crippen LogP contribution in [0.25, 0.3) is 0 Å². The number of hydroxylamine groups is 1. The smallest absolute Gasteiger partial charge is 0.142 e. The topological polar surface area (TPSA) is 47.8 Å². The second-order valence-electron chi connectivity index (χ2n) is 4.26. The molecule has 0 rings (SSSR count). The van der Waals surface area contributed by atoms with Gasteiger partial charge in [-0.05, 0) is 5.92 Å². The summed E-state index contributed by atoms with van der Waals surface area (Å²) >= 11 is 4.22. The van der Waals surface area contributed by atoms with Crippen LogP contribution < -0.4 is 5.17 Å². The molecule has 4 nitrogen and oxygen atoms in total. The summed E-state index contributed by atoms with van der Waals surface area (Å²) in [6, 6.07) is -0.312. The van der Waals surface area contributed by atoms with E-state index in [1.807, 2.05) is 20.8 Å². The van der Waals surface area contributed by atoms with E-state index >= 15 is 0 Å². The van der Waals surface area contributed by atoms with Crippen LogP contribution in [0.1, 0.15) is 27.2 Å². The lowest BCUT2D eigenvalue weighted by Crippen LogP contribution is -3.14. The molecule has 15 heavy (non-hydrogen) atoms. The Bertz CT molecular complexity index is 188. The number of aldehydes is 1. The van der Waals surface area contributed by atoms with Gasteiger partial charge in [0.1, 0.15) is 12.3 Å². The van der Waals surface area contributed by atoms with Crippen molar-refractivity contribution in [3.63, 3.8) is 0 Å². The molecule has 90 valence electrons. The molecule has 0 fully saturated rings. The Morgan fingerprint density at radius 2 is 2.00 bits per heavy atom. The van der Waals surface area contributed by atoms with Crippen molar-refractivity contribution in [2.24, 2.45) is 5.92 Å². The quantitative estimate of drug-likeness (QED) is 0.374. The van der Waals surface area contributed by atoms with Crippen LogP contribution in [0, 0.1) is 11.1 Å². The molecule has 3 atom stereocenters. The maximum Gasteiger partial charge on any atom is 0.142 e. The van der Waals surface area contributed by atoms with E-state index in [0.717, 1.165) is 12.7 Å². The third-order valence-electron chi connectivity index (χ3n) is 2.44. The molecule has 0 spiro atoms. The number of carbonyl (C=O) groups excluding carboxylic acids is 1. The van der Waals surface area contributed by atoms with Crippen molar-refractivity contribution in [1.82, 2.24) is 5.01 Å². The first kappa shape index (κ1) is 14.9. The monoisotopic (exact) mass is 234 g/mol. The van der Waals surface area contributed by atoms with Crippen molar-refractivity contribution in [3.8, 4) is 0 Å². The number of nitrogens with one attached hydrogen (secondary N) is 1. The van der Waals surface area contributed by atoms with Gasteiger partial charge in [0.15, 0.2) is 0 Å². The third kappa shape index (κ3) is 5.51. The fourth-order valence-corrected chi connectivity index (χ4v) is 1.50. The van der Waals surface area contributed by atoms with E-state index in [2.05, 4.69) is 12.6 Å². The number of quaternary nitrogens is 1. The zero-order valence-electron chi connectivity index (χ0n) is 9.93. The van der Waals surface area contributed by atoms with E-state index in [0.29, 0.717) is 6.54 Å². The molecule has 0 radical (unpaired) electrons. The standard InChI is InChI=1S/C10H22N2O2S/c1-8(2)10(7-13)11(4)12(14)6-5-9(3)15/h7-10,12,15H,5-6H2,1-4H3/t9?,10-/m1/s1. The molecular formula is C10H22N2O2S. The van der Waals surface area contributed by atoms with Gasteiger partial charge in [-0.1, -0.05) is 20.8 Å². The van der Waals surface area contributed by atoms with E-state index in [9.17, 15) is 10.0 Å². The molecule has 5 heteroatoms. The Balaban J connectivity index is 4.15. The van der Waals surface area contributed by atoms with Crippen LogP contribution in [-0.2, 0) is 4.79 Å². The number of hydrogen-bond acceptors (Lipinski definition) is 4. The van der Waals surface area contributed by atoms with Gasteiger partial charge in [-0.15, -0.1) is 5.01 Å². The molecule has 0 aromatic rings. The summed E-state index contributed by atoms with van der Waals surface area (Å²) in [7, 11) is 1.69. The van der Waals surface area contributed by atoms with Crippen molar-refractivity contribution >= 4 is 18.9 Å². The lowest BCUT2D eigenvalue weighted by molar-refractivity contribution is -0.972. The fraction of sp³-hybridized carbons (Fsp3) is 0.900. The molecule has 2 unspecified atom stereocenters. The average molecular weight is 234 g/mol.